The first-order valence-corrected chi connectivity index (χ1v) is 5.24. The molecule has 82 valence electrons. The number of aromatic nitrogens is 1. The van der Waals surface area contributed by atoms with E-state index in [1.54, 1.807) is 6.20 Å². The van der Waals surface area contributed by atoms with Crippen molar-refractivity contribution < 1.29 is 0 Å². The molecule has 3 heteroatoms. The first-order chi connectivity index (χ1) is 7.74. The van der Waals surface area contributed by atoms with Gasteiger partial charge in [-0.05, 0) is 42.3 Å². The second-order valence-electron chi connectivity index (χ2n) is 3.85. The standard InChI is InChI=1S/C13H15N3/c1-10-5-12(14)7-13(6-10)16-9-11-3-2-4-15-8-11/h2-8,16H,9,14H2,1H3. The van der Waals surface area contributed by atoms with Crippen LogP contribution < -0.4 is 11.1 Å². The van der Waals surface area contributed by atoms with Gasteiger partial charge in [0.2, 0.25) is 0 Å². The Balaban J connectivity index is 2.05. The van der Waals surface area contributed by atoms with Crippen molar-refractivity contribution in [2.24, 2.45) is 0 Å². The summed E-state index contributed by atoms with van der Waals surface area (Å²) in [5, 5.41) is 3.32. The third-order valence-electron chi connectivity index (χ3n) is 2.32. The average Bonchev–Trinajstić information content (AvgIpc) is 2.27. The lowest BCUT2D eigenvalue weighted by Gasteiger charge is -2.08. The summed E-state index contributed by atoms with van der Waals surface area (Å²) in [5.74, 6) is 0. The summed E-state index contributed by atoms with van der Waals surface area (Å²) in [6.07, 6.45) is 3.63. The van der Waals surface area contributed by atoms with Gasteiger partial charge in [-0.15, -0.1) is 0 Å². The Morgan fingerprint density at radius 2 is 2.19 bits per heavy atom. The van der Waals surface area contributed by atoms with E-state index < -0.39 is 0 Å². The summed E-state index contributed by atoms with van der Waals surface area (Å²) < 4.78 is 0. The summed E-state index contributed by atoms with van der Waals surface area (Å²) in [7, 11) is 0. The van der Waals surface area contributed by atoms with Crippen molar-refractivity contribution in [1.29, 1.82) is 0 Å². The molecule has 0 bridgehead atoms. The van der Waals surface area contributed by atoms with Gasteiger partial charge in [0.1, 0.15) is 0 Å². The van der Waals surface area contributed by atoms with Gasteiger partial charge in [0, 0.05) is 30.3 Å². The predicted octanol–water partition coefficient (Wildman–Crippen LogP) is 2.58. The highest BCUT2D eigenvalue weighted by Crippen LogP contribution is 2.16. The monoisotopic (exact) mass is 213 g/mol. The molecule has 0 saturated carbocycles. The average molecular weight is 213 g/mol. The minimum Gasteiger partial charge on any atom is -0.399 e. The second-order valence-corrected chi connectivity index (χ2v) is 3.85. The number of nitrogens with two attached hydrogens (primary N) is 1. The molecule has 0 unspecified atom stereocenters. The van der Waals surface area contributed by atoms with Crippen LogP contribution in [-0.4, -0.2) is 4.98 Å². The Morgan fingerprint density at radius 3 is 2.88 bits per heavy atom. The number of pyridine rings is 1. The Kier molecular flexibility index (Phi) is 3.05. The lowest BCUT2D eigenvalue weighted by atomic mass is 10.2. The highest BCUT2D eigenvalue weighted by molar-refractivity contribution is 5.56. The fourth-order valence-electron chi connectivity index (χ4n) is 1.62. The third-order valence-corrected chi connectivity index (χ3v) is 2.32. The molecule has 3 N–H and O–H groups in total. The molecule has 2 rings (SSSR count). The topological polar surface area (TPSA) is 50.9 Å². The molecule has 16 heavy (non-hydrogen) atoms. The van der Waals surface area contributed by atoms with Crippen LogP contribution in [0, 0.1) is 6.92 Å². The van der Waals surface area contributed by atoms with Gasteiger partial charge < -0.3 is 11.1 Å². The molecule has 0 fully saturated rings. The summed E-state index contributed by atoms with van der Waals surface area (Å²) >= 11 is 0. The number of benzene rings is 1. The van der Waals surface area contributed by atoms with E-state index in [1.807, 2.05) is 37.4 Å². The van der Waals surface area contributed by atoms with Crippen molar-refractivity contribution in [3.8, 4) is 0 Å². The number of hydrogen-bond donors (Lipinski definition) is 2. The van der Waals surface area contributed by atoms with Crippen molar-refractivity contribution in [2.75, 3.05) is 11.1 Å². The van der Waals surface area contributed by atoms with E-state index in [0.717, 1.165) is 29.0 Å². The highest BCUT2D eigenvalue weighted by atomic mass is 14.9. The van der Waals surface area contributed by atoms with E-state index in [4.69, 9.17) is 5.73 Å². The van der Waals surface area contributed by atoms with Gasteiger partial charge in [-0.25, -0.2) is 0 Å². The summed E-state index contributed by atoms with van der Waals surface area (Å²) in [4.78, 5) is 4.07. The van der Waals surface area contributed by atoms with Crippen LogP contribution in [0.25, 0.3) is 0 Å². The van der Waals surface area contributed by atoms with Gasteiger partial charge in [0.05, 0.1) is 0 Å². The maximum absolute atomic E-state index is 5.78. The Hall–Kier alpha value is -2.03. The summed E-state index contributed by atoms with van der Waals surface area (Å²) in [6, 6.07) is 9.94. The molecule has 0 spiro atoms. The van der Waals surface area contributed by atoms with Crippen LogP contribution in [0.4, 0.5) is 11.4 Å². The van der Waals surface area contributed by atoms with Crippen LogP contribution in [0.3, 0.4) is 0 Å². The molecule has 0 atom stereocenters. The largest absolute Gasteiger partial charge is 0.399 e. The fourth-order valence-corrected chi connectivity index (χ4v) is 1.62. The van der Waals surface area contributed by atoms with E-state index in [2.05, 4.69) is 16.4 Å². The van der Waals surface area contributed by atoms with Crippen LogP contribution in [0.1, 0.15) is 11.1 Å². The molecule has 2 aromatic rings. The van der Waals surface area contributed by atoms with Gasteiger partial charge in [-0.3, -0.25) is 4.98 Å². The molecule has 1 aromatic carbocycles. The first-order valence-electron chi connectivity index (χ1n) is 5.24. The van der Waals surface area contributed by atoms with Crippen LogP contribution in [-0.2, 0) is 6.54 Å². The number of aryl methyl sites for hydroxylation is 1. The number of anilines is 2. The van der Waals surface area contributed by atoms with Gasteiger partial charge >= 0.3 is 0 Å². The number of nitrogen functional groups attached to an aromatic ring is 1. The molecule has 0 radical (unpaired) electrons. The number of nitrogens with zero attached hydrogens (tertiary/aromatic N) is 1. The Labute approximate surface area is 95.3 Å². The lowest BCUT2D eigenvalue weighted by molar-refractivity contribution is 1.11. The fraction of sp³-hybridized carbons (Fsp3) is 0.154. The zero-order valence-corrected chi connectivity index (χ0v) is 9.27. The van der Waals surface area contributed by atoms with Crippen molar-refractivity contribution in [2.45, 2.75) is 13.5 Å². The lowest BCUT2D eigenvalue weighted by Crippen LogP contribution is -2.00. The van der Waals surface area contributed by atoms with Crippen LogP contribution in [0.5, 0.6) is 0 Å². The molecular weight excluding hydrogens is 198 g/mol. The van der Waals surface area contributed by atoms with E-state index in [1.165, 1.54) is 0 Å². The zero-order chi connectivity index (χ0) is 11.4. The number of nitrogens with one attached hydrogen (secondary N) is 1. The van der Waals surface area contributed by atoms with Crippen molar-refractivity contribution >= 4 is 11.4 Å². The number of hydrogen-bond acceptors (Lipinski definition) is 3. The van der Waals surface area contributed by atoms with Crippen molar-refractivity contribution in [3.05, 3.63) is 53.9 Å². The smallest absolute Gasteiger partial charge is 0.0416 e. The number of rotatable bonds is 3. The predicted molar refractivity (Wildman–Crippen MR) is 67.2 cm³/mol. The molecule has 0 aliphatic rings. The maximum Gasteiger partial charge on any atom is 0.0416 e. The normalized spacial score (nSPS) is 10.1. The summed E-state index contributed by atoms with van der Waals surface area (Å²) in [6.45, 7) is 2.79. The molecule has 0 aliphatic carbocycles. The molecular formula is C13H15N3. The quantitative estimate of drug-likeness (QED) is 0.770. The molecule has 0 aliphatic heterocycles. The van der Waals surface area contributed by atoms with Gasteiger partial charge in [-0.2, -0.15) is 0 Å². The van der Waals surface area contributed by atoms with Crippen molar-refractivity contribution in [3.63, 3.8) is 0 Å². The minimum absolute atomic E-state index is 0.761. The SMILES string of the molecule is Cc1cc(N)cc(NCc2cccnc2)c1. The van der Waals surface area contributed by atoms with E-state index in [0.29, 0.717) is 0 Å². The summed E-state index contributed by atoms with van der Waals surface area (Å²) in [5.41, 5.74) is 9.92. The van der Waals surface area contributed by atoms with E-state index >= 15 is 0 Å². The molecule has 0 saturated heterocycles. The Morgan fingerprint density at radius 1 is 1.31 bits per heavy atom. The second kappa shape index (κ2) is 4.66. The third kappa shape index (κ3) is 2.73. The van der Waals surface area contributed by atoms with Crippen LogP contribution >= 0.6 is 0 Å². The maximum atomic E-state index is 5.78. The van der Waals surface area contributed by atoms with E-state index in [-0.39, 0.29) is 0 Å². The zero-order valence-electron chi connectivity index (χ0n) is 9.27. The highest BCUT2D eigenvalue weighted by Gasteiger charge is 1.96. The van der Waals surface area contributed by atoms with Gasteiger partial charge in [-0.1, -0.05) is 6.07 Å². The van der Waals surface area contributed by atoms with Gasteiger partial charge in [0.25, 0.3) is 0 Å². The molecule has 1 heterocycles. The van der Waals surface area contributed by atoms with Crippen LogP contribution in [0.2, 0.25) is 0 Å². The Bertz CT molecular complexity index is 446. The molecule has 0 amide bonds. The minimum atomic E-state index is 0.761. The molecule has 1 aromatic heterocycles. The van der Waals surface area contributed by atoms with Gasteiger partial charge in [0.15, 0.2) is 0 Å². The van der Waals surface area contributed by atoms with Crippen LogP contribution in [0.15, 0.2) is 42.7 Å². The molecule has 3 nitrogen and oxygen atoms in total. The van der Waals surface area contributed by atoms with Crippen molar-refractivity contribution in [1.82, 2.24) is 4.98 Å². The van der Waals surface area contributed by atoms with E-state index in [9.17, 15) is 0 Å². The first kappa shape index (κ1) is 10.5.